The number of hydrogen-bond acceptors (Lipinski definition) is 2. The molecule has 0 radical (unpaired) electrons. The van der Waals surface area contributed by atoms with Gasteiger partial charge in [-0.15, -0.1) is 0 Å². The fourth-order valence-electron chi connectivity index (χ4n) is 1.48. The first-order valence-electron chi connectivity index (χ1n) is 4.48. The Morgan fingerprint density at radius 3 is 2.87 bits per heavy atom. The molecular formula is C11H9BrN3+. The summed E-state index contributed by atoms with van der Waals surface area (Å²) in [6.45, 7) is 0. The monoisotopic (exact) mass is 262 g/mol. The molecule has 1 heterocycles. The molecule has 2 aromatic rings. The van der Waals surface area contributed by atoms with E-state index in [0.29, 0.717) is 5.56 Å². The molecule has 0 fully saturated rings. The average molecular weight is 263 g/mol. The van der Waals surface area contributed by atoms with Crippen LogP contribution in [0.2, 0.25) is 0 Å². The molecule has 0 aliphatic rings. The number of halogens is 1. The van der Waals surface area contributed by atoms with Gasteiger partial charge >= 0.3 is 0 Å². The summed E-state index contributed by atoms with van der Waals surface area (Å²) in [5.41, 5.74) is 1.61. The Balaban J connectivity index is 2.82. The van der Waals surface area contributed by atoms with Gasteiger partial charge in [0, 0.05) is 15.9 Å². The Hall–Kier alpha value is -1.60. The zero-order valence-corrected chi connectivity index (χ0v) is 9.72. The molecular weight excluding hydrogens is 254 g/mol. The summed E-state index contributed by atoms with van der Waals surface area (Å²) in [6.07, 6.45) is 0. The molecule has 0 amide bonds. The molecule has 4 heteroatoms. The number of pyridine rings is 1. The van der Waals surface area contributed by atoms with Gasteiger partial charge in [-0.25, -0.2) is 4.98 Å². The lowest BCUT2D eigenvalue weighted by Gasteiger charge is -2.00. The van der Waals surface area contributed by atoms with Crippen LogP contribution in [0.1, 0.15) is 5.56 Å². The predicted molar refractivity (Wildman–Crippen MR) is 62.5 cm³/mol. The molecule has 3 nitrogen and oxygen atoms in total. The second-order valence-corrected chi connectivity index (χ2v) is 4.06. The Kier molecular flexibility index (Phi) is 2.57. The Morgan fingerprint density at radius 2 is 2.20 bits per heavy atom. The second kappa shape index (κ2) is 3.87. The lowest BCUT2D eigenvalue weighted by molar-refractivity contribution is -0.327. The predicted octanol–water partition coefficient (Wildman–Crippen LogP) is 2.33. The number of aromatic amines is 1. The molecule has 15 heavy (non-hydrogen) atoms. The topological polar surface area (TPSA) is 50.0 Å². The Morgan fingerprint density at radius 1 is 1.40 bits per heavy atom. The zero-order chi connectivity index (χ0) is 10.8. The van der Waals surface area contributed by atoms with Crippen LogP contribution in [0.25, 0.3) is 10.9 Å². The van der Waals surface area contributed by atoms with E-state index >= 15 is 0 Å². The fraction of sp³-hybridized carbons (Fsp3) is 0.0909. The summed E-state index contributed by atoms with van der Waals surface area (Å²) < 4.78 is 0.970. The number of H-pyrrole nitrogens is 1. The number of anilines is 1. The van der Waals surface area contributed by atoms with E-state index in [2.05, 4.69) is 32.3 Å². The molecule has 2 N–H and O–H groups in total. The van der Waals surface area contributed by atoms with Crippen LogP contribution in [-0.2, 0) is 0 Å². The lowest BCUT2D eigenvalue weighted by Crippen LogP contribution is -2.11. The SMILES string of the molecule is CNc1cc(C#N)c2cc(Br)ccc2[nH+]1. The Labute approximate surface area is 95.9 Å². The van der Waals surface area contributed by atoms with Crippen molar-refractivity contribution in [2.45, 2.75) is 0 Å². The largest absolute Gasteiger partial charge is 0.277 e. The van der Waals surface area contributed by atoms with Crippen LogP contribution in [0.3, 0.4) is 0 Å². The van der Waals surface area contributed by atoms with Crippen LogP contribution in [0.5, 0.6) is 0 Å². The minimum Gasteiger partial charge on any atom is -0.277 e. The van der Waals surface area contributed by atoms with Gasteiger partial charge in [-0.05, 0) is 18.2 Å². The summed E-state index contributed by atoms with van der Waals surface area (Å²) >= 11 is 3.39. The summed E-state index contributed by atoms with van der Waals surface area (Å²) in [5.74, 6) is 0.835. The second-order valence-electron chi connectivity index (χ2n) is 3.15. The molecule has 0 bridgehead atoms. The number of hydrogen-bond donors (Lipinski definition) is 1. The molecule has 0 aliphatic heterocycles. The molecule has 1 aromatic carbocycles. The molecule has 0 atom stereocenters. The smallest absolute Gasteiger partial charge is 0.273 e. The van der Waals surface area contributed by atoms with Crippen molar-refractivity contribution >= 4 is 32.7 Å². The van der Waals surface area contributed by atoms with Crippen LogP contribution in [0.15, 0.2) is 28.7 Å². The highest BCUT2D eigenvalue weighted by molar-refractivity contribution is 9.10. The van der Waals surface area contributed by atoms with Crippen molar-refractivity contribution in [1.29, 1.82) is 5.26 Å². The van der Waals surface area contributed by atoms with Gasteiger partial charge in [0.15, 0.2) is 0 Å². The molecule has 2 rings (SSSR count). The van der Waals surface area contributed by atoms with E-state index in [-0.39, 0.29) is 0 Å². The normalized spacial score (nSPS) is 9.93. The lowest BCUT2D eigenvalue weighted by atomic mass is 10.1. The number of nitrogens with one attached hydrogen (secondary N) is 2. The number of benzene rings is 1. The molecule has 0 unspecified atom stereocenters. The molecule has 0 saturated heterocycles. The molecule has 74 valence electrons. The van der Waals surface area contributed by atoms with E-state index in [0.717, 1.165) is 21.2 Å². The van der Waals surface area contributed by atoms with Crippen LogP contribution in [0, 0.1) is 11.3 Å². The van der Waals surface area contributed by atoms with E-state index in [1.54, 1.807) is 6.07 Å². The fourth-order valence-corrected chi connectivity index (χ4v) is 1.84. The van der Waals surface area contributed by atoms with Crippen molar-refractivity contribution in [3.63, 3.8) is 0 Å². The highest BCUT2D eigenvalue weighted by Crippen LogP contribution is 2.21. The average Bonchev–Trinajstić information content (AvgIpc) is 2.27. The maximum atomic E-state index is 9.04. The third kappa shape index (κ3) is 1.79. The van der Waals surface area contributed by atoms with E-state index in [1.807, 2.05) is 25.2 Å². The number of aromatic nitrogens is 1. The zero-order valence-electron chi connectivity index (χ0n) is 8.13. The first-order chi connectivity index (χ1) is 7.24. The van der Waals surface area contributed by atoms with Crippen molar-refractivity contribution in [3.8, 4) is 6.07 Å². The summed E-state index contributed by atoms with van der Waals surface area (Å²) in [4.78, 5) is 3.20. The van der Waals surface area contributed by atoms with Crippen LogP contribution in [-0.4, -0.2) is 7.05 Å². The quantitative estimate of drug-likeness (QED) is 0.858. The van der Waals surface area contributed by atoms with Crippen LogP contribution >= 0.6 is 15.9 Å². The van der Waals surface area contributed by atoms with E-state index in [4.69, 9.17) is 5.26 Å². The highest BCUT2D eigenvalue weighted by Gasteiger charge is 2.08. The molecule has 0 spiro atoms. The Bertz CT molecular complexity index is 557. The number of fused-ring (bicyclic) bond motifs is 1. The van der Waals surface area contributed by atoms with Crippen molar-refractivity contribution in [2.75, 3.05) is 12.4 Å². The first-order valence-corrected chi connectivity index (χ1v) is 5.27. The molecule has 0 saturated carbocycles. The van der Waals surface area contributed by atoms with Crippen LogP contribution in [0.4, 0.5) is 5.82 Å². The van der Waals surface area contributed by atoms with Gasteiger partial charge in [0.1, 0.15) is 11.6 Å². The van der Waals surface area contributed by atoms with Gasteiger partial charge < -0.3 is 0 Å². The standard InChI is InChI=1S/C11H8BrN3/c1-14-11-4-7(6-13)9-5-8(12)2-3-10(9)15-11/h2-5H,1H3,(H,14,15)/p+1. The van der Waals surface area contributed by atoms with Gasteiger partial charge in [0.2, 0.25) is 0 Å². The van der Waals surface area contributed by atoms with Crippen molar-refractivity contribution in [2.24, 2.45) is 0 Å². The first kappa shape index (κ1) is 9.94. The molecule has 0 aliphatic carbocycles. The highest BCUT2D eigenvalue weighted by atomic mass is 79.9. The van der Waals surface area contributed by atoms with Gasteiger partial charge in [-0.2, -0.15) is 5.26 Å². The van der Waals surface area contributed by atoms with Crippen LogP contribution < -0.4 is 10.3 Å². The van der Waals surface area contributed by atoms with E-state index in [9.17, 15) is 0 Å². The van der Waals surface area contributed by atoms with Crippen molar-refractivity contribution < 1.29 is 4.98 Å². The number of nitrogens with zero attached hydrogens (tertiary/aromatic N) is 1. The summed E-state index contributed by atoms with van der Waals surface area (Å²) in [6, 6.07) is 9.82. The summed E-state index contributed by atoms with van der Waals surface area (Å²) in [7, 11) is 1.82. The third-order valence-electron chi connectivity index (χ3n) is 2.22. The minimum absolute atomic E-state index is 0.661. The minimum atomic E-state index is 0.661. The van der Waals surface area contributed by atoms with Gasteiger partial charge in [-0.1, -0.05) is 15.9 Å². The third-order valence-corrected chi connectivity index (χ3v) is 2.71. The summed E-state index contributed by atoms with van der Waals surface area (Å²) in [5, 5.41) is 13.0. The van der Waals surface area contributed by atoms with Gasteiger partial charge in [0.05, 0.1) is 12.6 Å². The van der Waals surface area contributed by atoms with E-state index < -0.39 is 0 Å². The van der Waals surface area contributed by atoms with Gasteiger partial charge in [-0.3, -0.25) is 5.32 Å². The molecule has 1 aromatic heterocycles. The maximum Gasteiger partial charge on any atom is 0.273 e. The van der Waals surface area contributed by atoms with Gasteiger partial charge in [0.25, 0.3) is 5.82 Å². The van der Waals surface area contributed by atoms with Crippen molar-refractivity contribution in [3.05, 3.63) is 34.3 Å². The number of rotatable bonds is 1. The maximum absolute atomic E-state index is 9.04. The number of nitriles is 1. The van der Waals surface area contributed by atoms with Crippen molar-refractivity contribution in [1.82, 2.24) is 0 Å². The van der Waals surface area contributed by atoms with E-state index in [1.165, 1.54) is 0 Å².